The highest BCUT2D eigenvalue weighted by Crippen LogP contribution is 2.22. The van der Waals surface area contributed by atoms with Crippen LogP contribution in [-0.4, -0.2) is 86.1 Å². The van der Waals surface area contributed by atoms with Gasteiger partial charge in [0.2, 0.25) is 0 Å². The zero-order valence-electron chi connectivity index (χ0n) is 18.9. The highest BCUT2D eigenvalue weighted by Gasteiger charge is 2.23. The van der Waals surface area contributed by atoms with Gasteiger partial charge in [0.1, 0.15) is 5.82 Å². The van der Waals surface area contributed by atoms with Gasteiger partial charge in [-0.2, -0.15) is 5.10 Å². The number of benzene rings is 1. The van der Waals surface area contributed by atoms with Crippen LogP contribution in [0.2, 0.25) is 0 Å². The van der Waals surface area contributed by atoms with Crippen LogP contribution in [-0.2, 0) is 11.8 Å². The summed E-state index contributed by atoms with van der Waals surface area (Å²) in [6.45, 7) is 4.46. The zero-order chi connectivity index (χ0) is 22.2. The third-order valence-corrected chi connectivity index (χ3v) is 5.62. The number of guanidine groups is 1. The molecule has 0 spiro atoms. The Labute approximate surface area is 184 Å². The Balaban J connectivity index is 1.63. The lowest BCUT2D eigenvalue weighted by Gasteiger charge is -2.35. The van der Waals surface area contributed by atoms with Gasteiger partial charge in [-0.25, -0.2) is 4.39 Å². The second-order valence-electron chi connectivity index (χ2n) is 7.98. The van der Waals surface area contributed by atoms with Crippen LogP contribution in [0.15, 0.2) is 41.7 Å². The van der Waals surface area contributed by atoms with E-state index in [-0.39, 0.29) is 17.9 Å². The van der Waals surface area contributed by atoms with Crippen LogP contribution in [0.1, 0.15) is 23.2 Å². The summed E-state index contributed by atoms with van der Waals surface area (Å²) in [6, 6.07) is 7.03. The molecule has 2 heterocycles. The van der Waals surface area contributed by atoms with Crippen molar-refractivity contribution in [3.05, 3.63) is 53.6 Å². The maximum atomic E-state index is 13.5. The fourth-order valence-electron chi connectivity index (χ4n) is 3.85. The molecule has 1 aromatic carbocycles. The molecule has 1 aromatic heterocycles. The number of aliphatic imine (C=N–C) groups is 1. The predicted molar refractivity (Wildman–Crippen MR) is 121 cm³/mol. The van der Waals surface area contributed by atoms with Crippen LogP contribution in [0, 0.1) is 5.82 Å². The Bertz CT molecular complexity index is 831. The van der Waals surface area contributed by atoms with Gasteiger partial charge >= 0.3 is 0 Å². The maximum absolute atomic E-state index is 13.5. The first-order valence-corrected chi connectivity index (χ1v) is 10.6. The van der Waals surface area contributed by atoms with Crippen LogP contribution in [0.4, 0.5) is 4.39 Å². The fraction of sp³-hybridized carbons (Fsp3) is 0.545. The van der Waals surface area contributed by atoms with Gasteiger partial charge < -0.3 is 20.3 Å². The molecule has 3 rings (SSSR count). The van der Waals surface area contributed by atoms with E-state index >= 15 is 0 Å². The van der Waals surface area contributed by atoms with E-state index in [1.807, 2.05) is 36.3 Å². The number of likely N-dealkylation sites (N-methyl/N-ethyl adjacent to an activating group) is 1. The molecule has 0 amide bonds. The zero-order valence-corrected chi connectivity index (χ0v) is 18.9. The van der Waals surface area contributed by atoms with Crippen LogP contribution < -0.4 is 10.6 Å². The molecule has 0 radical (unpaired) electrons. The van der Waals surface area contributed by atoms with Crippen LogP contribution in [0.5, 0.6) is 0 Å². The van der Waals surface area contributed by atoms with Crippen molar-refractivity contribution >= 4 is 5.96 Å². The number of hydrogen-bond donors (Lipinski definition) is 2. The average Bonchev–Trinajstić information content (AvgIpc) is 3.20. The Morgan fingerprint density at radius 1 is 1.16 bits per heavy atom. The van der Waals surface area contributed by atoms with E-state index in [0.29, 0.717) is 26.3 Å². The first-order valence-electron chi connectivity index (χ1n) is 10.6. The molecule has 2 aromatic rings. The fourth-order valence-corrected chi connectivity index (χ4v) is 3.85. The van der Waals surface area contributed by atoms with E-state index in [4.69, 9.17) is 4.74 Å². The molecule has 0 aliphatic carbocycles. The Morgan fingerprint density at radius 3 is 2.42 bits per heavy atom. The molecular weight excluding hydrogens is 397 g/mol. The summed E-state index contributed by atoms with van der Waals surface area (Å²) in [7, 11) is 7.80. The van der Waals surface area contributed by atoms with Gasteiger partial charge in [0.25, 0.3) is 0 Å². The number of aromatic nitrogens is 2. The van der Waals surface area contributed by atoms with Gasteiger partial charge in [0.05, 0.1) is 31.5 Å². The minimum Gasteiger partial charge on any atom is -0.379 e. The third kappa shape index (κ3) is 6.49. The molecule has 170 valence electrons. The van der Waals surface area contributed by atoms with Crippen molar-refractivity contribution in [2.24, 2.45) is 12.0 Å². The first kappa shape index (κ1) is 23.2. The van der Waals surface area contributed by atoms with E-state index in [1.54, 1.807) is 7.05 Å². The Hall–Kier alpha value is -2.49. The molecule has 0 saturated carbocycles. The van der Waals surface area contributed by atoms with Crippen LogP contribution in [0.3, 0.4) is 0 Å². The van der Waals surface area contributed by atoms with Crippen molar-refractivity contribution in [3.63, 3.8) is 0 Å². The van der Waals surface area contributed by atoms with Crippen molar-refractivity contribution in [3.8, 4) is 0 Å². The summed E-state index contributed by atoms with van der Waals surface area (Å²) < 4.78 is 20.8. The molecule has 2 unspecified atom stereocenters. The van der Waals surface area contributed by atoms with Crippen LogP contribution in [0.25, 0.3) is 0 Å². The molecule has 1 saturated heterocycles. The number of halogens is 1. The van der Waals surface area contributed by atoms with Crippen LogP contribution >= 0.6 is 0 Å². The van der Waals surface area contributed by atoms with Gasteiger partial charge in [-0.15, -0.1) is 0 Å². The number of nitrogens with one attached hydrogen (secondary N) is 2. The molecule has 1 aliphatic heterocycles. The standard InChI is InChI=1S/C22H34FN7O/c1-24-22(25-14-20(28(2)3)18-13-27-29(4)16-18)26-15-21(30-9-11-31-12-10-30)17-5-7-19(23)8-6-17/h5-8,13,16,20-21H,9-12,14-15H2,1-4H3,(H2,24,25,26). The monoisotopic (exact) mass is 431 g/mol. The molecule has 1 fully saturated rings. The topological polar surface area (TPSA) is 70.0 Å². The van der Waals surface area contributed by atoms with Crippen molar-refractivity contribution in [2.45, 2.75) is 12.1 Å². The van der Waals surface area contributed by atoms with Crippen molar-refractivity contribution in [2.75, 3.05) is 60.5 Å². The summed E-state index contributed by atoms with van der Waals surface area (Å²) in [5.74, 6) is 0.510. The summed E-state index contributed by atoms with van der Waals surface area (Å²) in [6.07, 6.45) is 3.93. The number of hydrogen-bond acceptors (Lipinski definition) is 5. The van der Waals surface area contributed by atoms with Crippen molar-refractivity contribution in [1.82, 2.24) is 30.2 Å². The van der Waals surface area contributed by atoms with E-state index in [9.17, 15) is 4.39 Å². The predicted octanol–water partition coefficient (Wildman–Crippen LogP) is 1.40. The average molecular weight is 432 g/mol. The van der Waals surface area contributed by atoms with Gasteiger partial charge in [-0.3, -0.25) is 14.6 Å². The summed E-state index contributed by atoms with van der Waals surface area (Å²) >= 11 is 0. The Morgan fingerprint density at radius 2 is 1.84 bits per heavy atom. The molecule has 2 atom stereocenters. The molecule has 31 heavy (non-hydrogen) atoms. The maximum Gasteiger partial charge on any atom is 0.191 e. The number of morpholine rings is 1. The molecule has 2 N–H and O–H groups in total. The van der Waals surface area contributed by atoms with Crippen molar-refractivity contribution < 1.29 is 9.13 Å². The van der Waals surface area contributed by atoms with Gasteiger partial charge in [-0.05, 0) is 31.8 Å². The number of aryl methyl sites for hydroxylation is 1. The van der Waals surface area contributed by atoms with Gasteiger partial charge in [0, 0.05) is 52.0 Å². The quantitative estimate of drug-likeness (QED) is 0.487. The smallest absolute Gasteiger partial charge is 0.191 e. The van der Waals surface area contributed by atoms with E-state index in [0.717, 1.165) is 30.2 Å². The molecular formula is C22H34FN7O. The lowest BCUT2D eigenvalue weighted by molar-refractivity contribution is 0.0170. The minimum atomic E-state index is -0.222. The third-order valence-electron chi connectivity index (χ3n) is 5.62. The number of nitrogens with zero attached hydrogens (tertiary/aromatic N) is 5. The normalized spacial score (nSPS) is 17.5. The van der Waals surface area contributed by atoms with E-state index in [1.165, 1.54) is 12.1 Å². The summed E-state index contributed by atoms with van der Waals surface area (Å²) in [5.41, 5.74) is 2.22. The molecule has 9 heteroatoms. The Kier molecular flexibility index (Phi) is 8.39. The summed E-state index contributed by atoms with van der Waals surface area (Å²) in [5, 5.41) is 11.2. The first-order chi connectivity index (χ1) is 15.0. The number of ether oxygens (including phenoxy) is 1. The van der Waals surface area contributed by atoms with E-state index < -0.39 is 0 Å². The summed E-state index contributed by atoms with van der Waals surface area (Å²) in [4.78, 5) is 8.92. The lowest BCUT2D eigenvalue weighted by atomic mass is 10.0. The van der Waals surface area contributed by atoms with Gasteiger partial charge in [0.15, 0.2) is 5.96 Å². The highest BCUT2D eigenvalue weighted by atomic mass is 19.1. The second kappa shape index (κ2) is 11.2. The largest absolute Gasteiger partial charge is 0.379 e. The SMILES string of the molecule is CN=C(NCC(c1cnn(C)c1)N(C)C)NCC(c1ccc(F)cc1)N1CCOCC1. The van der Waals surface area contributed by atoms with Gasteiger partial charge in [-0.1, -0.05) is 12.1 Å². The molecule has 0 bridgehead atoms. The second-order valence-corrected chi connectivity index (χ2v) is 7.98. The van der Waals surface area contributed by atoms with E-state index in [2.05, 4.69) is 44.6 Å². The molecule has 1 aliphatic rings. The highest BCUT2D eigenvalue weighted by molar-refractivity contribution is 5.79. The number of rotatable bonds is 8. The van der Waals surface area contributed by atoms with Crippen molar-refractivity contribution in [1.29, 1.82) is 0 Å². The lowest BCUT2D eigenvalue weighted by Crippen LogP contribution is -2.47. The molecule has 8 nitrogen and oxygen atoms in total. The minimum absolute atomic E-state index is 0.103.